The fourth-order valence-corrected chi connectivity index (χ4v) is 4.72. The lowest BCUT2D eigenvalue weighted by Gasteiger charge is -2.60. The van der Waals surface area contributed by atoms with E-state index < -0.39 is 0 Å². The molecule has 5 rings (SSSR count). The Bertz CT molecular complexity index is 686. The van der Waals surface area contributed by atoms with Gasteiger partial charge in [-0.25, -0.2) is 4.98 Å². The van der Waals surface area contributed by atoms with E-state index in [4.69, 9.17) is 0 Å². The molecule has 3 aliphatic rings. The van der Waals surface area contributed by atoms with Crippen LogP contribution in [0.25, 0.3) is 11.3 Å². The maximum atomic E-state index is 10.7. The summed E-state index contributed by atoms with van der Waals surface area (Å²) in [6.45, 7) is 0. The maximum Gasteiger partial charge on any atom is 0.0956 e. The number of hydrogen-bond acceptors (Lipinski definition) is 2. The molecule has 3 heteroatoms. The second-order valence-corrected chi connectivity index (χ2v) is 6.75. The standard InChI is InChI=1S/C17H18N2O/c20-16-13(8-17(16)6-3-7-17)15-12-5-2-1-4-11(12)14-9-18-10-19(14)15/h1-2,4-5,9-10,13,15-16,20H,3,6-8H2/t13-,15+,16+/m0/s1. The molecule has 1 N–H and O–H groups in total. The van der Waals surface area contributed by atoms with Crippen LogP contribution in [-0.4, -0.2) is 20.8 Å². The zero-order valence-electron chi connectivity index (χ0n) is 11.4. The highest BCUT2D eigenvalue weighted by Gasteiger charge is 2.59. The third-order valence-electron chi connectivity index (χ3n) is 5.95. The molecule has 20 heavy (non-hydrogen) atoms. The summed E-state index contributed by atoms with van der Waals surface area (Å²) >= 11 is 0. The van der Waals surface area contributed by atoms with Crippen LogP contribution < -0.4 is 0 Å². The fraction of sp³-hybridized carbons (Fsp3) is 0.471. The molecule has 1 spiro atoms. The first-order chi connectivity index (χ1) is 9.80. The number of nitrogens with zero attached hydrogens (tertiary/aromatic N) is 2. The van der Waals surface area contributed by atoms with Crippen molar-refractivity contribution in [3.8, 4) is 11.3 Å². The molecular weight excluding hydrogens is 248 g/mol. The van der Waals surface area contributed by atoms with E-state index in [0.29, 0.717) is 5.92 Å². The summed E-state index contributed by atoms with van der Waals surface area (Å²) in [6, 6.07) is 8.86. The van der Waals surface area contributed by atoms with E-state index in [9.17, 15) is 5.11 Å². The van der Waals surface area contributed by atoms with Crippen LogP contribution in [0.1, 0.15) is 37.3 Å². The average molecular weight is 266 g/mol. The van der Waals surface area contributed by atoms with E-state index in [0.717, 1.165) is 0 Å². The minimum Gasteiger partial charge on any atom is -0.392 e. The largest absolute Gasteiger partial charge is 0.392 e. The van der Waals surface area contributed by atoms with Gasteiger partial charge >= 0.3 is 0 Å². The summed E-state index contributed by atoms with van der Waals surface area (Å²) in [5.74, 6) is 0.354. The summed E-state index contributed by atoms with van der Waals surface area (Å²) in [5, 5.41) is 10.7. The van der Waals surface area contributed by atoms with Crippen molar-refractivity contribution in [1.29, 1.82) is 0 Å². The summed E-state index contributed by atoms with van der Waals surface area (Å²) in [4.78, 5) is 4.31. The first kappa shape index (κ1) is 11.1. The molecule has 0 amide bonds. The van der Waals surface area contributed by atoms with Gasteiger partial charge < -0.3 is 9.67 Å². The van der Waals surface area contributed by atoms with Crippen LogP contribution in [0.2, 0.25) is 0 Å². The van der Waals surface area contributed by atoms with Gasteiger partial charge in [-0.1, -0.05) is 30.7 Å². The molecule has 0 unspecified atom stereocenters. The molecule has 0 saturated heterocycles. The van der Waals surface area contributed by atoms with Gasteiger partial charge in [0.1, 0.15) is 0 Å². The molecule has 2 heterocycles. The fourth-order valence-electron chi connectivity index (χ4n) is 4.72. The third kappa shape index (κ3) is 1.14. The molecule has 3 nitrogen and oxygen atoms in total. The maximum absolute atomic E-state index is 10.7. The van der Waals surface area contributed by atoms with Crippen LogP contribution in [0.4, 0.5) is 0 Å². The van der Waals surface area contributed by atoms with Crippen molar-refractivity contribution in [1.82, 2.24) is 9.55 Å². The van der Waals surface area contributed by atoms with Gasteiger partial charge in [0.25, 0.3) is 0 Å². The molecule has 1 aromatic heterocycles. The lowest BCUT2D eigenvalue weighted by atomic mass is 9.48. The highest BCUT2D eigenvalue weighted by Crippen LogP contribution is 2.63. The van der Waals surface area contributed by atoms with Crippen LogP contribution in [0.5, 0.6) is 0 Å². The van der Waals surface area contributed by atoms with Crippen molar-refractivity contribution < 1.29 is 5.11 Å². The van der Waals surface area contributed by atoms with Crippen LogP contribution in [0.3, 0.4) is 0 Å². The predicted octanol–water partition coefficient (Wildman–Crippen LogP) is 3.00. The van der Waals surface area contributed by atoms with E-state index >= 15 is 0 Å². The Balaban J connectivity index is 1.59. The zero-order valence-corrected chi connectivity index (χ0v) is 11.4. The summed E-state index contributed by atoms with van der Waals surface area (Å²) in [7, 11) is 0. The Morgan fingerprint density at radius 3 is 2.85 bits per heavy atom. The van der Waals surface area contributed by atoms with E-state index in [1.165, 1.54) is 42.5 Å². The number of rotatable bonds is 1. The van der Waals surface area contributed by atoms with Crippen LogP contribution in [0.15, 0.2) is 36.8 Å². The predicted molar refractivity (Wildman–Crippen MR) is 76.2 cm³/mol. The molecule has 2 fully saturated rings. The molecule has 1 aliphatic heterocycles. The van der Waals surface area contributed by atoms with Gasteiger partial charge in [0.2, 0.25) is 0 Å². The lowest BCUT2D eigenvalue weighted by molar-refractivity contribution is -0.173. The van der Waals surface area contributed by atoms with E-state index in [1.54, 1.807) is 0 Å². The Labute approximate surface area is 118 Å². The average Bonchev–Trinajstić information content (AvgIpc) is 2.98. The van der Waals surface area contributed by atoms with Crippen molar-refractivity contribution in [3.63, 3.8) is 0 Å². The molecule has 0 radical (unpaired) electrons. The van der Waals surface area contributed by atoms with Crippen molar-refractivity contribution in [3.05, 3.63) is 42.4 Å². The van der Waals surface area contributed by atoms with E-state index in [2.05, 4.69) is 33.8 Å². The van der Waals surface area contributed by atoms with Crippen LogP contribution in [0, 0.1) is 11.3 Å². The monoisotopic (exact) mass is 266 g/mol. The van der Waals surface area contributed by atoms with Crippen molar-refractivity contribution >= 4 is 0 Å². The summed E-state index contributed by atoms with van der Waals surface area (Å²) in [5.41, 5.74) is 4.12. The number of aliphatic hydroxyl groups is 1. The van der Waals surface area contributed by atoms with Gasteiger partial charge in [-0.2, -0.15) is 0 Å². The number of benzene rings is 1. The topological polar surface area (TPSA) is 38.1 Å². The van der Waals surface area contributed by atoms with Gasteiger partial charge in [0.05, 0.1) is 30.4 Å². The Hall–Kier alpha value is -1.61. The second-order valence-electron chi connectivity index (χ2n) is 6.75. The SMILES string of the molecule is O[C@@H]1[C@H]([C@H]2c3ccccc3-c3cncn32)CC12CCC2. The van der Waals surface area contributed by atoms with E-state index in [-0.39, 0.29) is 17.6 Å². The molecule has 2 aliphatic carbocycles. The van der Waals surface area contributed by atoms with Crippen molar-refractivity contribution in [2.75, 3.05) is 0 Å². The summed E-state index contributed by atoms with van der Waals surface area (Å²) < 4.78 is 2.27. The van der Waals surface area contributed by atoms with Crippen LogP contribution in [-0.2, 0) is 0 Å². The number of fused-ring (bicyclic) bond motifs is 3. The van der Waals surface area contributed by atoms with Crippen molar-refractivity contribution in [2.24, 2.45) is 11.3 Å². The minimum absolute atomic E-state index is 0.136. The lowest BCUT2D eigenvalue weighted by Crippen LogP contribution is -2.58. The Kier molecular flexibility index (Phi) is 1.96. The molecule has 2 saturated carbocycles. The molecule has 2 aromatic rings. The second kappa shape index (κ2) is 3.53. The highest BCUT2D eigenvalue weighted by atomic mass is 16.3. The third-order valence-corrected chi connectivity index (χ3v) is 5.95. The zero-order chi connectivity index (χ0) is 13.3. The van der Waals surface area contributed by atoms with Gasteiger partial charge in [-0.15, -0.1) is 0 Å². The van der Waals surface area contributed by atoms with Crippen molar-refractivity contribution in [2.45, 2.75) is 37.8 Å². The Morgan fingerprint density at radius 1 is 1.25 bits per heavy atom. The van der Waals surface area contributed by atoms with Gasteiger partial charge in [-0.3, -0.25) is 0 Å². The molecule has 102 valence electrons. The summed E-state index contributed by atoms with van der Waals surface area (Å²) in [6.07, 6.45) is 8.64. The number of hydrogen-bond donors (Lipinski definition) is 1. The normalized spacial score (nSPS) is 32.4. The van der Waals surface area contributed by atoms with E-state index in [1.807, 2.05) is 12.5 Å². The number of aromatic nitrogens is 2. The highest BCUT2D eigenvalue weighted by molar-refractivity contribution is 5.69. The minimum atomic E-state index is -0.136. The molecular formula is C17H18N2O. The number of aliphatic hydroxyl groups excluding tert-OH is 1. The van der Waals surface area contributed by atoms with Crippen LogP contribution >= 0.6 is 0 Å². The first-order valence-corrected chi connectivity index (χ1v) is 7.59. The quantitative estimate of drug-likeness (QED) is 0.861. The smallest absolute Gasteiger partial charge is 0.0956 e. The number of imidazole rings is 1. The Morgan fingerprint density at radius 2 is 2.10 bits per heavy atom. The first-order valence-electron chi connectivity index (χ1n) is 7.59. The van der Waals surface area contributed by atoms with Gasteiger partial charge in [-0.05, 0) is 30.2 Å². The van der Waals surface area contributed by atoms with Gasteiger partial charge in [0, 0.05) is 11.5 Å². The molecule has 3 atom stereocenters. The van der Waals surface area contributed by atoms with Gasteiger partial charge in [0.15, 0.2) is 0 Å². The molecule has 0 bridgehead atoms. The molecule has 1 aromatic carbocycles.